The largest absolute Gasteiger partial charge is 0.496 e. The van der Waals surface area contributed by atoms with E-state index in [2.05, 4.69) is 10.3 Å². The molecular weight excluding hydrogens is 339 g/mol. The Hall–Kier alpha value is -1.98. The van der Waals surface area contributed by atoms with Crippen molar-refractivity contribution in [2.45, 2.75) is 12.5 Å². The van der Waals surface area contributed by atoms with Crippen LogP contribution < -0.4 is 14.8 Å². The van der Waals surface area contributed by atoms with Gasteiger partial charge in [0, 0.05) is 28.9 Å². The van der Waals surface area contributed by atoms with Gasteiger partial charge in [-0.2, -0.15) is 0 Å². The third kappa shape index (κ3) is 3.21. The molecule has 1 unspecified atom stereocenters. The van der Waals surface area contributed by atoms with Gasteiger partial charge >= 0.3 is 0 Å². The fourth-order valence-corrected chi connectivity index (χ4v) is 3.03. The summed E-state index contributed by atoms with van der Waals surface area (Å²) in [5.41, 5.74) is 1.47. The lowest BCUT2D eigenvalue weighted by Gasteiger charge is -2.14. The molecule has 0 aliphatic carbocycles. The lowest BCUT2D eigenvalue weighted by molar-refractivity contribution is -0.122. The first kappa shape index (κ1) is 15.9. The summed E-state index contributed by atoms with van der Waals surface area (Å²) in [5, 5.41) is 3.78. The fourth-order valence-electron chi connectivity index (χ4n) is 2.49. The van der Waals surface area contributed by atoms with Gasteiger partial charge in [-0.25, -0.2) is 4.98 Å². The van der Waals surface area contributed by atoms with Crippen LogP contribution in [0.25, 0.3) is 0 Å². The van der Waals surface area contributed by atoms with E-state index < -0.39 is 0 Å². The van der Waals surface area contributed by atoms with E-state index in [9.17, 15) is 4.79 Å². The molecule has 0 fully saturated rings. The lowest BCUT2D eigenvalue weighted by Crippen LogP contribution is -2.30. The summed E-state index contributed by atoms with van der Waals surface area (Å²) >= 11 is 12.1. The van der Waals surface area contributed by atoms with Crippen molar-refractivity contribution in [3.8, 4) is 11.6 Å². The topological polar surface area (TPSA) is 60.5 Å². The number of amides is 1. The van der Waals surface area contributed by atoms with Gasteiger partial charge in [0.2, 0.25) is 11.8 Å². The number of ether oxygens (including phenoxy) is 2. The van der Waals surface area contributed by atoms with Crippen LogP contribution in [0.4, 0.5) is 0 Å². The average molecular weight is 353 g/mol. The molecular formula is C16H14Cl2N2O3. The monoisotopic (exact) mass is 352 g/mol. The zero-order chi connectivity index (χ0) is 16.4. The maximum absolute atomic E-state index is 12.4. The predicted molar refractivity (Wildman–Crippen MR) is 87.3 cm³/mol. The SMILES string of the molecule is COc1cc(Cl)cc(Cl)c1CNC(=O)C1COc2ncccc21. The molecule has 5 nitrogen and oxygen atoms in total. The molecule has 0 spiro atoms. The number of rotatable bonds is 4. The van der Waals surface area contributed by atoms with Crippen LogP contribution in [0.15, 0.2) is 30.5 Å². The first-order chi connectivity index (χ1) is 11.1. The Bertz CT molecular complexity index is 752. The molecule has 1 N–H and O–H groups in total. The summed E-state index contributed by atoms with van der Waals surface area (Å²) in [6, 6.07) is 6.90. The van der Waals surface area contributed by atoms with Crippen LogP contribution in [0.5, 0.6) is 11.6 Å². The fraction of sp³-hybridized carbons (Fsp3) is 0.250. The highest BCUT2D eigenvalue weighted by molar-refractivity contribution is 6.35. The Labute approximate surface area is 143 Å². The minimum Gasteiger partial charge on any atom is -0.496 e. The van der Waals surface area contributed by atoms with Crippen molar-refractivity contribution in [3.05, 3.63) is 51.6 Å². The normalized spacial score (nSPS) is 15.7. The third-order valence-corrected chi connectivity index (χ3v) is 4.21. The number of aromatic nitrogens is 1. The van der Waals surface area contributed by atoms with Crippen molar-refractivity contribution in [1.82, 2.24) is 10.3 Å². The smallest absolute Gasteiger partial charge is 0.231 e. The molecule has 7 heteroatoms. The van der Waals surface area contributed by atoms with Gasteiger partial charge in [0.1, 0.15) is 18.3 Å². The zero-order valence-electron chi connectivity index (χ0n) is 12.3. The molecule has 23 heavy (non-hydrogen) atoms. The molecule has 0 saturated heterocycles. The highest BCUT2D eigenvalue weighted by Crippen LogP contribution is 2.33. The van der Waals surface area contributed by atoms with Crippen LogP contribution in [-0.4, -0.2) is 24.6 Å². The second kappa shape index (κ2) is 6.64. The van der Waals surface area contributed by atoms with E-state index in [1.165, 1.54) is 7.11 Å². The molecule has 1 amide bonds. The number of nitrogens with zero attached hydrogens (tertiary/aromatic N) is 1. The summed E-state index contributed by atoms with van der Waals surface area (Å²) in [5.74, 6) is 0.517. The number of fused-ring (bicyclic) bond motifs is 1. The number of carbonyl (C=O) groups is 1. The van der Waals surface area contributed by atoms with E-state index >= 15 is 0 Å². The van der Waals surface area contributed by atoms with E-state index in [1.54, 1.807) is 24.4 Å². The number of methoxy groups -OCH3 is 1. The second-order valence-corrected chi connectivity index (χ2v) is 5.89. The predicted octanol–water partition coefficient (Wildman–Crippen LogP) is 3.19. The Morgan fingerprint density at radius 3 is 3.09 bits per heavy atom. The molecule has 1 aromatic carbocycles. The molecule has 0 saturated carbocycles. The van der Waals surface area contributed by atoms with Crippen LogP contribution in [-0.2, 0) is 11.3 Å². The van der Waals surface area contributed by atoms with Gasteiger partial charge in [0.05, 0.1) is 12.1 Å². The minimum absolute atomic E-state index is 0.148. The summed E-state index contributed by atoms with van der Waals surface area (Å²) in [4.78, 5) is 16.5. The van der Waals surface area contributed by atoms with Gasteiger partial charge in [0.15, 0.2) is 0 Å². The van der Waals surface area contributed by atoms with Gasteiger partial charge in [-0.3, -0.25) is 4.79 Å². The Morgan fingerprint density at radius 1 is 1.48 bits per heavy atom. The number of hydrogen-bond donors (Lipinski definition) is 1. The summed E-state index contributed by atoms with van der Waals surface area (Å²) in [6.45, 7) is 0.522. The van der Waals surface area contributed by atoms with Crippen molar-refractivity contribution in [2.24, 2.45) is 0 Å². The van der Waals surface area contributed by atoms with Crippen molar-refractivity contribution >= 4 is 29.1 Å². The molecule has 120 valence electrons. The first-order valence-electron chi connectivity index (χ1n) is 6.97. The molecule has 1 aliphatic rings. The van der Waals surface area contributed by atoms with Crippen LogP contribution in [0.1, 0.15) is 17.0 Å². The maximum Gasteiger partial charge on any atom is 0.231 e. The molecule has 3 rings (SSSR count). The molecule has 1 aliphatic heterocycles. The number of benzene rings is 1. The van der Waals surface area contributed by atoms with Crippen LogP contribution >= 0.6 is 23.2 Å². The van der Waals surface area contributed by atoms with Crippen molar-refractivity contribution in [3.63, 3.8) is 0 Å². The van der Waals surface area contributed by atoms with Crippen LogP contribution in [0.3, 0.4) is 0 Å². The van der Waals surface area contributed by atoms with E-state index in [0.29, 0.717) is 27.2 Å². The minimum atomic E-state index is -0.379. The van der Waals surface area contributed by atoms with Gasteiger partial charge in [-0.05, 0) is 18.2 Å². The highest BCUT2D eigenvalue weighted by Gasteiger charge is 2.31. The van der Waals surface area contributed by atoms with Gasteiger partial charge in [-0.1, -0.05) is 29.3 Å². The van der Waals surface area contributed by atoms with Crippen LogP contribution in [0.2, 0.25) is 10.0 Å². The highest BCUT2D eigenvalue weighted by atomic mass is 35.5. The number of carbonyl (C=O) groups excluding carboxylic acids is 1. The Balaban J connectivity index is 1.74. The Morgan fingerprint density at radius 2 is 2.30 bits per heavy atom. The number of pyridine rings is 1. The molecule has 0 bridgehead atoms. The van der Waals surface area contributed by atoms with Gasteiger partial charge in [-0.15, -0.1) is 0 Å². The standard InChI is InChI=1S/C16H14Cl2N2O3/c1-22-14-6-9(17)5-13(18)11(14)7-20-15(21)12-8-23-16-10(12)3-2-4-19-16/h2-6,12H,7-8H2,1H3,(H,20,21). The zero-order valence-corrected chi connectivity index (χ0v) is 13.8. The summed E-state index contributed by atoms with van der Waals surface area (Å²) in [7, 11) is 1.53. The van der Waals surface area contributed by atoms with Crippen molar-refractivity contribution < 1.29 is 14.3 Å². The van der Waals surface area contributed by atoms with E-state index in [-0.39, 0.29) is 25.0 Å². The van der Waals surface area contributed by atoms with Crippen LogP contribution in [0, 0.1) is 0 Å². The van der Waals surface area contributed by atoms with E-state index in [0.717, 1.165) is 5.56 Å². The third-order valence-electron chi connectivity index (χ3n) is 3.66. The van der Waals surface area contributed by atoms with E-state index in [1.807, 2.05) is 6.07 Å². The number of halogens is 2. The number of nitrogens with one attached hydrogen (secondary N) is 1. The molecule has 1 aromatic heterocycles. The van der Waals surface area contributed by atoms with E-state index in [4.69, 9.17) is 32.7 Å². The molecule has 0 radical (unpaired) electrons. The average Bonchev–Trinajstić information content (AvgIpc) is 2.97. The number of hydrogen-bond acceptors (Lipinski definition) is 4. The second-order valence-electron chi connectivity index (χ2n) is 5.05. The summed E-state index contributed by atoms with van der Waals surface area (Å²) < 4.78 is 10.7. The van der Waals surface area contributed by atoms with Crippen molar-refractivity contribution in [2.75, 3.05) is 13.7 Å². The summed E-state index contributed by atoms with van der Waals surface area (Å²) in [6.07, 6.45) is 1.64. The quantitative estimate of drug-likeness (QED) is 0.917. The van der Waals surface area contributed by atoms with Crippen molar-refractivity contribution in [1.29, 1.82) is 0 Å². The molecule has 1 atom stereocenters. The first-order valence-corrected chi connectivity index (χ1v) is 7.73. The molecule has 2 heterocycles. The van der Waals surface area contributed by atoms with Gasteiger partial charge < -0.3 is 14.8 Å². The lowest BCUT2D eigenvalue weighted by atomic mass is 10.0. The maximum atomic E-state index is 12.4. The molecule has 2 aromatic rings. The van der Waals surface area contributed by atoms with Gasteiger partial charge in [0.25, 0.3) is 0 Å². The Kier molecular flexibility index (Phi) is 4.59.